The van der Waals surface area contributed by atoms with Gasteiger partial charge in [-0.3, -0.25) is 0 Å². The molecule has 0 radical (unpaired) electrons. The van der Waals surface area contributed by atoms with Crippen molar-refractivity contribution in [1.82, 2.24) is 0 Å². The molecule has 1 aliphatic rings. The average Bonchev–Trinajstić information content (AvgIpc) is 2.10. The second-order valence-corrected chi connectivity index (χ2v) is 3.16. The highest BCUT2D eigenvalue weighted by atomic mass is 16.7. The van der Waals surface area contributed by atoms with E-state index in [-0.39, 0.29) is 6.10 Å². The Kier molecular flexibility index (Phi) is 1.84. The lowest BCUT2D eigenvalue weighted by molar-refractivity contribution is -0.134. The van der Waals surface area contributed by atoms with Gasteiger partial charge in [0.2, 0.25) is 0 Å². The molecule has 2 heteroatoms. The normalized spacial score (nSPS) is 30.5. The molecule has 0 aromatic heterocycles. The third-order valence-electron chi connectivity index (χ3n) is 1.56. The van der Waals surface area contributed by atoms with Crippen molar-refractivity contribution in [3.05, 3.63) is 12.2 Å². The van der Waals surface area contributed by atoms with E-state index in [9.17, 15) is 0 Å². The summed E-state index contributed by atoms with van der Waals surface area (Å²) in [6.45, 7) is 10.2. The summed E-state index contributed by atoms with van der Waals surface area (Å²) in [5.74, 6) is -0.413. The molecule has 0 spiro atoms. The second-order valence-electron chi connectivity index (χ2n) is 3.16. The van der Waals surface area contributed by atoms with Crippen molar-refractivity contribution < 1.29 is 9.47 Å². The molecular formula is C8H14O2. The molecule has 1 rings (SSSR count). The Bertz CT molecular complexity index is 149. The summed E-state index contributed by atoms with van der Waals surface area (Å²) in [5.41, 5.74) is 1.03. The van der Waals surface area contributed by atoms with Gasteiger partial charge < -0.3 is 9.47 Å². The van der Waals surface area contributed by atoms with Gasteiger partial charge in [0.25, 0.3) is 0 Å². The quantitative estimate of drug-likeness (QED) is 0.519. The van der Waals surface area contributed by atoms with Gasteiger partial charge in [-0.25, -0.2) is 0 Å². The van der Waals surface area contributed by atoms with E-state index < -0.39 is 5.79 Å². The maximum absolute atomic E-state index is 5.49. The van der Waals surface area contributed by atoms with Crippen LogP contribution in [0, 0.1) is 0 Å². The number of hydrogen-bond donors (Lipinski definition) is 0. The topological polar surface area (TPSA) is 18.5 Å². The SMILES string of the molecule is C=C(C)C1COC(C)(C)O1. The molecule has 0 amide bonds. The van der Waals surface area contributed by atoms with Gasteiger partial charge >= 0.3 is 0 Å². The van der Waals surface area contributed by atoms with Crippen LogP contribution in [-0.4, -0.2) is 18.5 Å². The first kappa shape index (κ1) is 7.76. The highest BCUT2D eigenvalue weighted by Crippen LogP contribution is 2.25. The number of rotatable bonds is 1. The van der Waals surface area contributed by atoms with E-state index in [1.807, 2.05) is 20.8 Å². The number of hydrogen-bond acceptors (Lipinski definition) is 2. The molecule has 0 aliphatic carbocycles. The van der Waals surface area contributed by atoms with Gasteiger partial charge in [0, 0.05) is 0 Å². The maximum Gasteiger partial charge on any atom is 0.163 e. The van der Waals surface area contributed by atoms with Crippen LogP contribution >= 0.6 is 0 Å². The predicted octanol–water partition coefficient (Wildman–Crippen LogP) is 1.71. The van der Waals surface area contributed by atoms with Crippen molar-refractivity contribution >= 4 is 0 Å². The highest BCUT2D eigenvalue weighted by Gasteiger charge is 2.32. The Hall–Kier alpha value is -0.340. The molecule has 0 bridgehead atoms. The van der Waals surface area contributed by atoms with Gasteiger partial charge in [0.15, 0.2) is 5.79 Å². The smallest absolute Gasteiger partial charge is 0.163 e. The first-order valence-electron chi connectivity index (χ1n) is 3.48. The lowest BCUT2D eigenvalue weighted by atomic mass is 10.2. The van der Waals surface area contributed by atoms with Crippen LogP contribution in [0.3, 0.4) is 0 Å². The Morgan fingerprint density at radius 2 is 2.20 bits per heavy atom. The summed E-state index contributed by atoms with van der Waals surface area (Å²) in [6.07, 6.45) is 0.0926. The van der Waals surface area contributed by atoms with Crippen molar-refractivity contribution in [2.24, 2.45) is 0 Å². The second kappa shape index (κ2) is 2.36. The molecule has 1 unspecified atom stereocenters. The first-order valence-corrected chi connectivity index (χ1v) is 3.48. The van der Waals surface area contributed by atoms with Gasteiger partial charge in [-0.05, 0) is 26.3 Å². The van der Waals surface area contributed by atoms with Crippen molar-refractivity contribution in [2.45, 2.75) is 32.7 Å². The molecule has 1 saturated heterocycles. The summed E-state index contributed by atoms with van der Waals surface area (Å²) in [6, 6.07) is 0. The third kappa shape index (κ3) is 1.58. The Morgan fingerprint density at radius 3 is 2.40 bits per heavy atom. The van der Waals surface area contributed by atoms with Crippen molar-refractivity contribution in [2.75, 3.05) is 6.61 Å². The summed E-state index contributed by atoms with van der Waals surface area (Å²) < 4.78 is 10.8. The Balaban J connectivity index is 2.51. The molecule has 1 aliphatic heterocycles. The third-order valence-corrected chi connectivity index (χ3v) is 1.56. The minimum Gasteiger partial charge on any atom is -0.347 e. The van der Waals surface area contributed by atoms with Crippen LogP contribution in [-0.2, 0) is 9.47 Å². The Labute approximate surface area is 61.8 Å². The predicted molar refractivity (Wildman–Crippen MR) is 39.7 cm³/mol. The molecule has 10 heavy (non-hydrogen) atoms. The zero-order valence-corrected chi connectivity index (χ0v) is 6.81. The van der Waals surface area contributed by atoms with Crippen LogP contribution in [0.15, 0.2) is 12.2 Å². The van der Waals surface area contributed by atoms with Gasteiger partial charge in [0.1, 0.15) is 6.10 Å². The van der Waals surface area contributed by atoms with Crippen molar-refractivity contribution in [1.29, 1.82) is 0 Å². The van der Waals surface area contributed by atoms with Crippen LogP contribution in [0.25, 0.3) is 0 Å². The molecule has 0 aromatic rings. The van der Waals surface area contributed by atoms with Crippen LogP contribution in [0.2, 0.25) is 0 Å². The van der Waals surface area contributed by atoms with Crippen LogP contribution in [0.1, 0.15) is 20.8 Å². The minimum atomic E-state index is -0.413. The average molecular weight is 142 g/mol. The van der Waals surface area contributed by atoms with Crippen LogP contribution in [0.4, 0.5) is 0 Å². The zero-order valence-electron chi connectivity index (χ0n) is 6.81. The van der Waals surface area contributed by atoms with Crippen LogP contribution < -0.4 is 0 Å². The monoisotopic (exact) mass is 142 g/mol. The van der Waals surface area contributed by atoms with Crippen molar-refractivity contribution in [3.8, 4) is 0 Å². The molecule has 2 nitrogen and oxygen atoms in total. The van der Waals surface area contributed by atoms with Gasteiger partial charge in [0.05, 0.1) is 6.61 Å². The lowest BCUT2D eigenvalue weighted by Crippen LogP contribution is -2.21. The molecule has 0 aromatic carbocycles. The van der Waals surface area contributed by atoms with E-state index in [0.717, 1.165) is 5.57 Å². The fourth-order valence-electron chi connectivity index (χ4n) is 0.930. The molecule has 58 valence electrons. The summed E-state index contributed by atoms with van der Waals surface area (Å²) in [4.78, 5) is 0. The van der Waals surface area contributed by atoms with Crippen molar-refractivity contribution in [3.63, 3.8) is 0 Å². The maximum atomic E-state index is 5.49. The molecule has 1 atom stereocenters. The van der Waals surface area contributed by atoms with E-state index >= 15 is 0 Å². The zero-order chi connectivity index (χ0) is 7.78. The summed E-state index contributed by atoms with van der Waals surface area (Å²) >= 11 is 0. The summed E-state index contributed by atoms with van der Waals surface area (Å²) in [5, 5.41) is 0. The highest BCUT2D eigenvalue weighted by molar-refractivity contribution is 5.00. The lowest BCUT2D eigenvalue weighted by Gasteiger charge is -2.16. The minimum absolute atomic E-state index is 0.0926. The van der Waals surface area contributed by atoms with E-state index in [1.54, 1.807) is 0 Å². The first-order chi connectivity index (χ1) is 4.51. The Morgan fingerprint density at radius 1 is 1.60 bits per heavy atom. The standard InChI is InChI=1S/C8H14O2/c1-6(2)7-5-9-8(3,4)10-7/h7H,1,5H2,2-4H3. The molecular weight excluding hydrogens is 128 g/mol. The van der Waals surface area contributed by atoms with Gasteiger partial charge in [-0.15, -0.1) is 0 Å². The van der Waals surface area contributed by atoms with E-state index in [1.165, 1.54) is 0 Å². The molecule has 0 saturated carbocycles. The largest absolute Gasteiger partial charge is 0.347 e. The number of ether oxygens (including phenoxy) is 2. The van der Waals surface area contributed by atoms with E-state index in [2.05, 4.69) is 6.58 Å². The van der Waals surface area contributed by atoms with Crippen LogP contribution in [0.5, 0.6) is 0 Å². The fraction of sp³-hybridized carbons (Fsp3) is 0.750. The fourth-order valence-corrected chi connectivity index (χ4v) is 0.930. The molecule has 1 heterocycles. The molecule has 1 fully saturated rings. The van der Waals surface area contributed by atoms with E-state index in [4.69, 9.17) is 9.47 Å². The molecule has 0 N–H and O–H groups in total. The van der Waals surface area contributed by atoms with Gasteiger partial charge in [-0.1, -0.05) is 6.58 Å². The summed E-state index contributed by atoms with van der Waals surface area (Å²) in [7, 11) is 0. The van der Waals surface area contributed by atoms with E-state index in [0.29, 0.717) is 6.61 Å². The van der Waals surface area contributed by atoms with Gasteiger partial charge in [-0.2, -0.15) is 0 Å².